The minimum Gasteiger partial charge on any atom is -0.478 e. The van der Waals surface area contributed by atoms with Crippen molar-refractivity contribution in [2.45, 2.75) is 25.8 Å². The Bertz CT molecular complexity index is 532. The lowest BCUT2D eigenvalue weighted by atomic mass is 10.0. The fraction of sp³-hybridized carbons (Fsp3) is 0.471. The fourth-order valence-electron chi connectivity index (χ4n) is 2.82. The molecule has 21 heavy (non-hydrogen) atoms. The van der Waals surface area contributed by atoms with Gasteiger partial charge >= 0.3 is 5.97 Å². The van der Waals surface area contributed by atoms with Crippen molar-refractivity contribution in [1.82, 2.24) is 4.90 Å². The molecule has 1 aromatic rings. The number of carboxylic acid groups (broad SMARTS) is 1. The Morgan fingerprint density at radius 1 is 1.38 bits per heavy atom. The lowest BCUT2D eigenvalue weighted by molar-refractivity contribution is -0.131. The molecule has 0 aromatic heterocycles. The highest BCUT2D eigenvalue weighted by Crippen LogP contribution is 2.24. The van der Waals surface area contributed by atoms with Crippen LogP contribution in [0.25, 0.3) is 6.08 Å². The van der Waals surface area contributed by atoms with E-state index in [1.54, 1.807) is 6.08 Å². The molecular formula is C17H24N2O2. The molecule has 1 aliphatic heterocycles. The van der Waals surface area contributed by atoms with Crippen LogP contribution in [0, 0.1) is 6.92 Å². The molecule has 0 aliphatic carbocycles. The highest BCUT2D eigenvalue weighted by atomic mass is 16.4. The van der Waals surface area contributed by atoms with Crippen LogP contribution < -0.4 is 4.90 Å². The molecule has 1 aliphatic rings. The van der Waals surface area contributed by atoms with Crippen molar-refractivity contribution in [3.63, 3.8) is 0 Å². The molecule has 1 saturated heterocycles. The van der Waals surface area contributed by atoms with E-state index in [4.69, 9.17) is 5.11 Å². The van der Waals surface area contributed by atoms with Crippen LogP contribution in [0.15, 0.2) is 24.3 Å². The average Bonchev–Trinajstić information content (AvgIpc) is 2.46. The van der Waals surface area contributed by atoms with Crippen molar-refractivity contribution in [2.24, 2.45) is 0 Å². The second-order valence-electron chi connectivity index (χ2n) is 5.86. The third kappa shape index (κ3) is 4.08. The number of carboxylic acids is 1. The molecule has 2 rings (SSSR count). The number of piperidine rings is 1. The zero-order valence-electron chi connectivity index (χ0n) is 13.0. The van der Waals surface area contributed by atoms with Crippen LogP contribution in [0.2, 0.25) is 0 Å². The molecule has 4 heteroatoms. The largest absolute Gasteiger partial charge is 0.478 e. The molecule has 0 spiro atoms. The highest BCUT2D eigenvalue weighted by Gasteiger charge is 2.20. The fourth-order valence-corrected chi connectivity index (χ4v) is 2.82. The molecule has 1 aromatic carbocycles. The summed E-state index contributed by atoms with van der Waals surface area (Å²) in [6, 6.07) is 6.79. The molecule has 1 heterocycles. The van der Waals surface area contributed by atoms with Crippen molar-refractivity contribution >= 4 is 17.7 Å². The van der Waals surface area contributed by atoms with Gasteiger partial charge in [-0.1, -0.05) is 6.07 Å². The maximum absolute atomic E-state index is 10.6. The van der Waals surface area contributed by atoms with Crippen molar-refractivity contribution in [2.75, 3.05) is 32.1 Å². The van der Waals surface area contributed by atoms with Gasteiger partial charge in [-0.15, -0.1) is 0 Å². The van der Waals surface area contributed by atoms with Crippen LogP contribution in [0.3, 0.4) is 0 Å². The monoisotopic (exact) mass is 288 g/mol. The minimum absolute atomic E-state index is 0.584. The first-order valence-corrected chi connectivity index (χ1v) is 7.40. The number of aliphatic carboxylic acids is 1. The maximum Gasteiger partial charge on any atom is 0.328 e. The van der Waals surface area contributed by atoms with Crippen LogP contribution in [-0.4, -0.2) is 49.2 Å². The number of aryl methyl sites for hydroxylation is 1. The molecule has 0 unspecified atom stereocenters. The van der Waals surface area contributed by atoms with Crippen molar-refractivity contribution in [1.29, 1.82) is 0 Å². The Morgan fingerprint density at radius 3 is 2.62 bits per heavy atom. The Morgan fingerprint density at radius 2 is 2.05 bits per heavy atom. The van der Waals surface area contributed by atoms with E-state index in [0.29, 0.717) is 6.04 Å². The second kappa shape index (κ2) is 6.76. The van der Waals surface area contributed by atoms with Gasteiger partial charge in [-0.3, -0.25) is 0 Å². The van der Waals surface area contributed by atoms with E-state index in [1.807, 2.05) is 13.0 Å². The Labute approximate surface area is 126 Å². The first-order chi connectivity index (χ1) is 9.97. The predicted molar refractivity (Wildman–Crippen MR) is 86.8 cm³/mol. The normalized spacial score (nSPS) is 17.3. The summed E-state index contributed by atoms with van der Waals surface area (Å²) in [5.41, 5.74) is 3.26. The van der Waals surface area contributed by atoms with E-state index in [-0.39, 0.29) is 0 Å². The van der Waals surface area contributed by atoms with Crippen LogP contribution in [0.4, 0.5) is 5.69 Å². The molecule has 4 nitrogen and oxygen atoms in total. The summed E-state index contributed by atoms with van der Waals surface area (Å²) in [4.78, 5) is 15.3. The average molecular weight is 288 g/mol. The van der Waals surface area contributed by atoms with Crippen molar-refractivity contribution in [3.05, 3.63) is 35.4 Å². The van der Waals surface area contributed by atoms with Crippen LogP contribution in [-0.2, 0) is 4.79 Å². The Kier molecular flexibility index (Phi) is 5.02. The maximum atomic E-state index is 10.6. The summed E-state index contributed by atoms with van der Waals surface area (Å²) < 4.78 is 0. The van der Waals surface area contributed by atoms with Gasteiger partial charge in [0.1, 0.15) is 0 Å². The highest BCUT2D eigenvalue weighted by molar-refractivity contribution is 5.85. The van der Waals surface area contributed by atoms with Crippen LogP contribution in [0.5, 0.6) is 0 Å². The van der Waals surface area contributed by atoms with E-state index in [9.17, 15) is 4.79 Å². The van der Waals surface area contributed by atoms with Crippen molar-refractivity contribution in [3.8, 4) is 0 Å². The number of likely N-dealkylation sites (tertiary alicyclic amines) is 1. The molecule has 114 valence electrons. The number of carbonyl (C=O) groups is 1. The van der Waals surface area contributed by atoms with E-state index >= 15 is 0 Å². The van der Waals surface area contributed by atoms with E-state index in [0.717, 1.165) is 24.2 Å². The first kappa shape index (κ1) is 15.6. The van der Waals surface area contributed by atoms with Gasteiger partial charge in [0.25, 0.3) is 0 Å². The van der Waals surface area contributed by atoms with Gasteiger partial charge in [0.15, 0.2) is 0 Å². The number of anilines is 1. The molecule has 0 atom stereocenters. The number of nitrogens with zero attached hydrogens (tertiary/aromatic N) is 2. The zero-order chi connectivity index (χ0) is 15.4. The van der Waals surface area contributed by atoms with E-state index < -0.39 is 5.97 Å². The smallest absolute Gasteiger partial charge is 0.328 e. The number of benzene rings is 1. The van der Waals surface area contributed by atoms with Gasteiger partial charge in [0.2, 0.25) is 0 Å². The second-order valence-corrected chi connectivity index (χ2v) is 5.86. The van der Waals surface area contributed by atoms with E-state index in [1.165, 1.54) is 24.6 Å². The summed E-state index contributed by atoms with van der Waals surface area (Å²) in [6.45, 7) is 4.31. The van der Waals surface area contributed by atoms with Crippen LogP contribution >= 0.6 is 0 Å². The predicted octanol–water partition coefficient (Wildman–Crippen LogP) is 2.62. The zero-order valence-corrected chi connectivity index (χ0v) is 13.0. The summed E-state index contributed by atoms with van der Waals surface area (Å²) in [7, 11) is 4.32. The summed E-state index contributed by atoms with van der Waals surface area (Å²) in [6.07, 6.45) is 5.21. The molecule has 0 amide bonds. The molecular weight excluding hydrogens is 264 g/mol. The summed E-state index contributed by atoms with van der Waals surface area (Å²) in [5, 5.41) is 8.70. The van der Waals surface area contributed by atoms with Crippen LogP contribution in [0.1, 0.15) is 24.0 Å². The topological polar surface area (TPSA) is 43.8 Å². The van der Waals surface area contributed by atoms with Gasteiger partial charge in [-0.05, 0) is 69.2 Å². The molecule has 0 saturated carbocycles. The van der Waals surface area contributed by atoms with Gasteiger partial charge in [0.05, 0.1) is 0 Å². The lowest BCUT2D eigenvalue weighted by Gasteiger charge is -2.36. The van der Waals surface area contributed by atoms with Gasteiger partial charge < -0.3 is 14.9 Å². The summed E-state index contributed by atoms with van der Waals surface area (Å²) in [5.74, 6) is -0.915. The third-order valence-electron chi connectivity index (χ3n) is 4.30. The standard InChI is InChI=1S/C17H24N2O2/c1-13-12-16(6-4-14(13)5-7-17(20)21)19(3)15-8-10-18(2)11-9-15/h4-7,12,15H,8-11H2,1-3H3,(H,20,21). The summed E-state index contributed by atoms with van der Waals surface area (Å²) >= 11 is 0. The molecule has 0 radical (unpaired) electrons. The van der Waals surface area contributed by atoms with Gasteiger partial charge in [0, 0.05) is 24.9 Å². The lowest BCUT2D eigenvalue weighted by Crippen LogP contribution is -2.42. The van der Waals surface area contributed by atoms with Crippen molar-refractivity contribution < 1.29 is 9.90 Å². The quantitative estimate of drug-likeness (QED) is 0.865. The molecule has 1 N–H and O–H groups in total. The third-order valence-corrected chi connectivity index (χ3v) is 4.30. The Hall–Kier alpha value is -1.81. The number of hydrogen-bond donors (Lipinski definition) is 1. The number of hydrogen-bond acceptors (Lipinski definition) is 3. The molecule has 1 fully saturated rings. The first-order valence-electron chi connectivity index (χ1n) is 7.40. The molecule has 0 bridgehead atoms. The SMILES string of the molecule is Cc1cc(N(C)C2CCN(C)CC2)ccc1C=CC(=O)O. The Balaban J connectivity index is 2.10. The van der Waals surface area contributed by atoms with Gasteiger partial charge in [-0.2, -0.15) is 0 Å². The minimum atomic E-state index is -0.915. The van der Waals surface area contributed by atoms with E-state index in [2.05, 4.69) is 36.0 Å². The van der Waals surface area contributed by atoms with Gasteiger partial charge in [-0.25, -0.2) is 4.79 Å². The number of rotatable bonds is 4.